The maximum absolute atomic E-state index is 12.0. The number of aryl methyl sites for hydroxylation is 1. The Hall–Kier alpha value is -1.40. The van der Waals surface area contributed by atoms with E-state index in [-0.39, 0.29) is 24.9 Å². The second-order valence-electron chi connectivity index (χ2n) is 5.41. The van der Waals surface area contributed by atoms with Crippen molar-refractivity contribution in [1.29, 1.82) is 0 Å². The van der Waals surface area contributed by atoms with Gasteiger partial charge in [0.1, 0.15) is 0 Å². The minimum absolute atomic E-state index is 0.0933. The fraction of sp³-hybridized carbons (Fsp3) is 0.533. The van der Waals surface area contributed by atoms with Crippen LogP contribution in [-0.4, -0.2) is 37.5 Å². The Morgan fingerprint density at radius 2 is 2.00 bits per heavy atom. The molecule has 0 bridgehead atoms. The van der Waals surface area contributed by atoms with Crippen molar-refractivity contribution >= 4 is 21.6 Å². The number of nitrogens with one attached hydrogen (secondary N) is 1. The summed E-state index contributed by atoms with van der Waals surface area (Å²) in [4.78, 5) is 12.0. The molecule has 0 radical (unpaired) electrons. The van der Waals surface area contributed by atoms with Gasteiger partial charge in [0.2, 0.25) is 15.9 Å². The van der Waals surface area contributed by atoms with Gasteiger partial charge in [0.25, 0.3) is 0 Å². The summed E-state index contributed by atoms with van der Waals surface area (Å²) >= 11 is 0. The van der Waals surface area contributed by atoms with E-state index in [2.05, 4.69) is 5.32 Å². The van der Waals surface area contributed by atoms with Crippen LogP contribution in [0.1, 0.15) is 31.7 Å². The Kier molecular flexibility index (Phi) is 5.00. The predicted molar refractivity (Wildman–Crippen MR) is 83.6 cm³/mol. The van der Waals surface area contributed by atoms with Crippen molar-refractivity contribution in [2.24, 2.45) is 0 Å². The van der Waals surface area contributed by atoms with Crippen LogP contribution >= 0.6 is 0 Å². The molecule has 0 atom stereocenters. The fourth-order valence-corrected chi connectivity index (χ4v) is 3.53. The number of sulfonamides is 1. The van der Waals surface area contributed by atoms with Gasteiger partial charge in [0, 0.05) is 24.7 Å². The van der Waals surface area contributed by atoms with Crippen LogP contribution in [0.25, 0.3) is 0 Å². The fourth-order valence-electron chi connectivity index (χ4n) is 2.36. The topological polar surface area (TPSA) is 66.5 Å². The molecule has 1 aliphatic carbocycles. The quantitative estimate of drug-likeness (QED) is 0.837. The van der Waals surface area contributed by atoms with E-state index in [0.717, 1.165) is 30.5 Å². The SMILES string of the molecule is CCc1ccccc1NC(=O)CCN(C1CC1)S(C)(=O)=O. The standard InChI is InChI=1S/C15H22N2O3S/c1-3-12-6-4-5-7-14(12)16-15(18)10-11-17(13-8-9-13)21(2,19)20/h4-7,13H,3,8-11H2,1-2H3,(H,16,18). The van der Waals surface area contributed by atoms with E-state index in [4.69, 9.17) is 0 Å². The van der Waals surface area contributed by atoms with Gasteiger partial charge in [-0.25, -0.2) is 8.42 Å². The second-order valence-corrected chi connectivity index (χ2v) is 7.35. The first kappa shape index (κ1) is 16.0. The maximum Gasteiger partial charge on any atom is 0.225 e. The molecule has 1 N–H and O–H groups in total. The van der Waals surface area contributed by atoms with Crippen molar-refractivity contribution in [1.82, 2.24) is 4.31 Å². The number of hydrogen-bond donors (Lipinski definition) is 1. The summed E-state index contributed by atoms with van der Waals surface area (Å²) in [6.07, 6.45) is 4.02. The number of anilines is 1. The molecule has 5 nitrogen and oxygen atoms in total. The van der Waals surface area contributed by atoms with Crippen molar-refractivity contribution in [3.05, 3.63) is 29.8 Å². The van der Waals surface area contributed by atoms with Crippen LogP contribution < -0.4 is 5.32 Å². The summed E-state index contributed by atoms with van der Waals surface area (Å²) < 4.78 is 24.8. The predicted octanol–water partition coefficient (Wildman–Crippen LogP) is 2.00. The summed E-state index contributed by atoms with van der Waals surface area (Å²) in [5.74, 6) is -0.148. The van der Waals surface area contributed by atoms with Crippen LogP contribution in [0.15, 0.2) is 24.3 Å². The molecule has 0 aliphatic heterocycles. The van der Waals surface area contributed by atoms with Crippen LogP contribution in [0.2, 0.25) is 0 Å². The summed E-state index contributed by atoms with van der Waals surface area (Å²) in [6, 6.07) is 7.75. The van der Waals surface area contributed by atoms with Crippen LogP contribution in [0, 0.1) is 0 Å². The molecule has 1 aromatic rings. The van der Waals surface area contributed by atoms with Crippen LogP contribution in [0.5, 0.6) is 0 Å². The van der Waals surface area contributed by atoms with Gasteiger partial charge >= 0.3 is 0 Å². The number of hydrogen-bond acceptors (Lipinski definition) is 3. The highest BCUT2D eigenvalue weighted by molar-refractivity contribution is 7.88. The van der Waals surface area contributed by atoms with Crippen LogP contribution in [0.3, 0.4) is 0 Å². The van der Waals surface area contributed by atoms with Gasteiger partial charge in [-0.2, -0.15) is 4.31 Å². The van der Waals surface area contributed by atoms with E-state index in [9.17, 15) is 13.2 Å². The normalized spacial score (nSPS) is 15.2. The minimum Gasteiger partial charge on any atom is -0.326 e. The molecule has 1 amide bonds. The molecule has 1 fully saturated rings. The minimum atomic E-state index is -3.23. The second kappa shape index (κ2) is 6.58. The first-order valence-electron chi connectivity index (χ1n) is 7.26. The monoisotopic (exact) mass is 310 g/mol. The molecule has 1 aromatic carbocycles. The van der Waals surface area contributed by atoms with E-state index in [1.54, 1.807) is 0 Å². The lowest BCUT2D eigenvalue weighted by atomic mass is 10.1. The smallest absolute Gasteiger partial charge is 0.225 e. The lowest BCUT2D eigenvalue weighted by Crippen LogP contribution is -2.34. The first-order chi connectivity index (χ1) is 9.91. The number of carbonyl (C=O) groups excluding carboxylic acids is 1. The number of amides is 1. The van der Waals surface area contributed by atoms with Crippen LogP contribution in [0.4, 0.5) is 5.69 Å². The van der Waals surface area contributed by atoms with Crippen molar-refractivity contribution in [3.63, 3.8) is 0 Å². The van der Waals surface area contributed by atoms with E-state index >= 15 is 0 Å². The molecular formula is C15H22N2O3S. The molecule has 116 valence electrons. The molecule has 21 heavy (non-hydrogen) atoms. The number of benzene rings is 1. The molecule has 1 saturated carbocycles. The zero-order chi connectivity index (χ0) is 15.5. The molecule has 0 spiro atoms. The number of para-hydroxylation sites is 1. The molecule has 6 heteroatoms. The molecule has 0 saturated heterocycles. The van der Waals surface area contributed by atoms with Crippen molar-refractivity contribution in [2.45, 2.75) is 38.6 Å². The highest BCUT2D eigenvalue weighted by Gasteiger charge is 2.34. The molecule has 0 aromatic heterocycles. The third-order valence-electron chi connectivity index (χ3n) is 3.61. The number of nitrogens with zero attached hydrogens (tertiary/aromatic N) is 1. The molecular weight excluding hydrogens is 288 g/mol. The molecule has 0 heterocycles. The number of rotatable bonds is 7. The van der Waals surface area contributed by atoms with Crippen molar-refractivity contribution < 1.29 is 13.2 Å². The van der Waals surface area contributed by atoms with Gasteiger partial charge in [-0.15, -0.1) is 0 Å². The average Bonchev–Trinajstić information content (AvgIpc) is 3.22. The first-order valence-corrected chi connectivity index (χ1v) is 9.11. The van der Waals surface area contributed by atoms with Gasteiger partial charge in [-0.05, 0) is 30.9 Å². The zero-order valence-corrected chi connectivity index (χ0v) is 13.3. The summed E-state index contributed by atoms with van der Waals surface area (Å²) in [6.45, 7) is 2.28. The highest BCUT2D eigenvalue weighted by Crippen LogP contribution is 2.29. The Balaban J connectivity index is 1.92. The van der Waals surface area contributed by atoms with Gasteiger partial charge in [0.15, 0.2) is 0 Å². The Labute approximate surface area is 126 Å². The zero-order valence-electron chi connectivity index (χ0n) is 12.5. The Morgan fingerprint density at radius 1 is 1.33 bits per heavy atom. The summed E-state index contributed by atoms with van der Waals surface area (Å²) in [7, 11) is -3.23. The van der Waals surface area contributed by atoms with Crippen LogP contribution in [-0.2, 0) is 21.2 Å². The van der Waals surface area contributed by atoms with Gasteiger partial charge in [0.05, 0.1) is 6.26 Å². The van der Waals surface area contributed by atoms with Gasteiger partial charge in [-0.1, -0.05) is 25.1 Å². The average molecular weight is 310 g/mol. The lowest BCUT2D eigenvalue weighted by Gasteiger charge is -2.19. The maximum atomic E-state index is 12.0. The van der Waals surface area contributed by atoms with Gasteiger partial charge in [-0.3, -0.25) is 4.79 Å². The van der Waals surface area contributed by atoms with E-state index < -0.39 is 10.0 Å². The van der Waals surface area contributed by atoms with E-state index in [1.807, 2.05) is 31.2 Å². The largest absolute Gasteiger partial charge is 0.326 e. The Bertz CT molecular complexity index is 609. The highest BCUT2D eigenvalue weighted by atomic mass is 32.2. The number of carbonyl (C=O) groups is 1. The lowest BCUT2D eigenvalue weighted by molar-refractivity contribution is -0.116. The van der Waals surface area contributed by atoms with Crippen molar-refractivity contribution in [3.8, 4) is 0 Å². The van der Waals surface area contributed by atoms with E-state index in [1.165, 1.54) is 10.6 Å². The van der Waals surface area contributed by atoms with E-state index in [0.29, 0.717) is 0 Å². The Morgan fingerprint density at radius 3 is 2.57 bits per heavy atom. The molecule has 0 unspecified atom stereocenters. The van der Waals surface area contributed by atoms with Crippen molar-refractivity contribution in [2.75, 3.05) is 18.1 Å². The summed E-state index contributed by atoms with van der Waals surface area (Å²) in [5.41, 5.74) is 1.88. The third kappa shape index (κ3) is 4.54. The van der Waals surface area contributed by atoms with Gasteiger partial charge < -0.3 is 5.32 Å². The summed E-state index contributed by atoms with van der Waals surface area (Å²) in [5, 5.41) is 2.87. The third-order valence-corrected chi connectivity index (χ3v) is 4.94. The molecule has 1 aliphatic rings. The molecule has 2 rings (SSSR count).